The average Bonchev–Trinajstić information content (AvgIpc) is 2.97. The van der Waals surface area contributed by atoms with Gasteiger partial charge in [-0.15, -0.1) is 0 Å². The molecule has 2 aromatic carbocycles. The molecule has 0 aliphatic rings. The monoisotopic (exact) mass is 322 g/mol. The topological polar surface area (TPSA) is 41.9 Å². The van der Waals surface area contributed by atoms with Crippen molar-refractivity contribution in [2.24, 2.45) is 0 Å². The number of nitrogens with one attached hydrogen (secondary N) is 2. The van der Waals surface area contributed by atoms with Gasteiger partial charge in [0.1, 0.15) is 0 Å². The summed E-state index contributed by atoms with van der Waals surface area (Å²) >= 11 is 5.32. The number of aromatic nitrogens is 2. The summed E-state index contributed by atoms with van der Waals surface area (Å²) in [5.74, 6) is 0.727. The third-order valence-electron chi connectivity index (χ3n) is 3.38. The van der Waals surface area contributed by atoms with E-state index in [-0.39, 0.29) is 0 Å². The van der Waals surface area contributed by atoms with Crippen LogP contribution in [0.25, 0.3) is 0 Å². The fourth-order valence-corrected chi connectivity index (χ4v) is 2.42. The molecule has 0 atom stereocenters. The van der Waals surface area contributed by atoms with E-state index in [1.807, 2.05) is 59.4 Å². The van der Waals surface area contributed by atoms with Crippen LogP contribution in [0.1, 0.15) is 11.1 Å². The Bertz CT molecular complexity index is 778. The maximum atomic E-state index is 5.32. The second kappa shape index (κ2) is 7.07. The van der Waals surface area contributed by atoms with Gasteiger partial charge in [0.15, 0.2) is 10.9 Å². The Labute approximate surface area is 141 Å². The van der Waals surface area contributed by atoms with Crippen LogP contribution >= 0.6 is 12.2 Å². The molecule has 0 unspecified atom stereocenters. The SMILES string of the molecule is Cc1ccc(NC(=S)Nc2ccn(Cc3ccccc3)n2)cc1. The maximum absolute atomic E-state index is 5.32. The highest BCUT2D eigenvalue weighted by atomic mass is 32.1. The van der Waals surface area contributed by atoms with Gasteiger partial charge in [0.05, 0.1) is 6.54 Å². The van der Waals surface area contributed by atoms with Crippen LogP contribution in [-0.4, -0.2) is 14.9 Å². The fourth-order valence-electron chi connectivity index (χ4n) is 2.20. The van der Waals surface area contributed by atoms with E-state index in [1.54, 1.807) is 0 Å². The summed E-state index contributed by atoms with van der Waals surface area (Å²) in [6, 6.07) is 20.2. The Balaban J connectivity index is 1.58. The molecule has 5 heteroatoms. The van der Waals surface area contributed by atoms with Crippen LogP contribution in [0.5, 0.6) is 0 Å². The lowest BCUT2D eigenvalue weighted by Gasteiger charge is -2.08. The predicted molar refractivity (Wildman–Crippen MR) is 98.8 cm³/mol. The van der Waals surface area contributed by atoms with Crippen molar-refractivity contribution >= 4 is 28.8 Å². The van der Waals surface area contributed by atoms with Crippen LogP contribution in [-0.2, 0) is 6.54 Å². The molecule has 1 aromatic heterocycles. The van der Waals surface area contributed by atoms with E-state index in [0.29, 0.717) is 5.11 Å². The van der Waals surface area contributed by atoms with Crippen LogP contribution < -0.4 is 10.6 Å². The van der Waals surface area contributed by atoms with Crippen molar-refractivity contribution in [1.82, 2.24) is 9.78 Å². The van der Waals surface area contributed by atoms with E-state index in [0.717, 1.165) is 18.1 Å². The highest BCUT2D eigenvalue weighted by Crippen LogP contribution is 2.10. The molecule has 0 amide bonds. The van der Waals surface area contributed by atoms with Crippen molar-refractivity contribution in [1.29, 1.82) is 0 Å². The van der Waals surface area contributed by atoms with Crippen molar-refractivity contribution in [3.8, 4) is 0 Å². The predicted octanol–water partition coefficient (Wildman–Crippen LogP) is 4.05. The number of benzene rings is 2. The van der Waals surface area contributed by atoms with Crippen molar-refractivity contribution in [2.45, 2.75) is 13.5 Å². The maximum Gasteiger partial charge on any atom is 0.176 e. The van der Waals surface area contributed by atoms with E-state index >= 15 is 0 Å². The summed E-state index contributed by atoms with van der Waals surface area (Å²) in [6.07, 6.45) is 1.93. The molecule has 0 spiro atoms. The molecule has 0 aliphatic carbocycles. The first-order valence-electron chi connectivity index (χ1n) is 7.41. The lowest BCUT2D eigenvalue weighted by molar-refractivity contribution is 0.690. The summed E-state index contributed by atoms with van der Waals surface area (Å²) in [6.45, 7) is 2.79. The first-order chi connectivity index (χ1) is 11.2. The molecule has 0 fully saturated rings. The van der Waals surface area contributed by atoms with E-state index in [4.69, 9.17) is 12.2 Å². The van der Waals surface area contributed by atoms with Crippen molar-refractivity contribution in [2.75, 3.05) is 10.6 Å². The average molecular weight is 322 g/mol. The summed E-state index contributed by atoms with van der Waals surface area (Å²) < 4.78 is 1.88. The molecule has 0 saturated heterocycles. The number of thiocarbonyl (C=S) groups is 1. The zero-order chi connectivity index (χ0) is 16.1. The first kappa shape index (κ1) is 15.2. The molecule has 116 valence electrons. The Morgan fingerprint density at radius 3 is 2.48 bits per heavy atom. The first-order valence-corrected chi connectivity index (χ1v) is 7.82. The standard InChI is InChI=1S/C18H18N4S/c1-14-7-9-16(10-8-14)19-18(23)20-17-11-12-22(21-17)13-15-5-3-2-4-6-15/h2-12H,13H2,1H3,(H2,19,20,21,23). The van der Waals surface area contributed by atoms with Gasteiger partial charge in [0.2, 0.25) is 0 Å². The molecule has 0 bridgehead atoms. The number of nitrogens with zero attached hydrogens (tertiary/aromatic N) is 2. The molecule has 23 heavy (non-hydrogen) atoms. The van der Waals surface area contributed by atoms with Gasteiger partial charge in [0.25, 0.3) is 0 Å². The molecule has 2 N–H and O–H groups in total. The lowest BCUT2D eigenvalue weighted by Crippen LogP contribution is -2.19. The van der Waals surface area contributed by atoms with E-state index in [1.165, 1.54) is 11.1 Å². The summed E-state index contributed by atoms with van der Waals surface area (Å²) in [5, 5.41) is 11.3. The Morgan fingerprint density at radius 1 is 1.00 bits per heavy atom. The smallest absolute Gasteiger partial charge is 0.176 e. The summed E-state index contributed by atoms with van der Waals surface area (Å²) in [5.41, 5.74) is 3.38. The highest BCUT2D eigenvalue weighted by Gasteiger charge is 2.03. The largest absolute Gasteiger partial charge is 0.332 e. The van der Waals surface area contributed by atoms with Crippen LogP contribution in [0.2, 0.25) is 0 Å². The molecular weight excluding hydrogens is 304 g/mol. The minimum absolute atomic E-state index is 0.527. The van der Waals surface area contributed by atoms with Gasteiger partial charge in [-0.05, 0) is 36.8 Å². The van der Waals surface area contributed by atoms with Crippen LogP contribution in [0.3, 0.4) is 0 Å². The second-order valence-corrected chi connectivity index (χ2v) is 5.74. The quantitative estimate of drug-likeness (QED) is 0.711. The summed E-state index contributed by atoms with van der Waals surface area (Å²) in [4.78, 5) is 0. The Kier molecular flexibility index (Phi) is 4.68. The minimum Gasteiger partial charge on any atom is -0.332 e. The van der Waals surface area contributed by atoms with Crippen molar-refractivity contribution in [3.05, 3.63) is 78.0 Å². The molecule has 0 radical (unpaired) electrons. The third kappa shape index (κ3) is 4.40. The van der Waals surface area contributed by atoms with Gasteiger partial charge >= 0.3 is 0 Å². The molecule has 1 heterocycles. The van der Waals surface area contributed by atoms with Crippen molar-refractivity contribution < 1.29 is 0 Å². The van der Waals surface area contributed by atoms with Crippen molar-refractivity contribution in [3.63, 3.8) is 0 Å². The number of aryl methyl sites for hydroxylation is 1. The molecular formula is C18H18N4S. The van der Waals surface area contributed by atoms with Crippen LogP contribution in [0.15, 0.2) is 66.9 Å². The van der Waals surface area contributed by atoms with Gasteiger partial charge < -0.3 is 10.6 Å². The number of hydrogen-bond acceptors (Lipinski definition) is 2. The second-order valence-electron chi connectivity index (χ2n) is 5.33. The third-order valence-corrected chi connectivity index (χ3v) is 3.58. The normalized spacial score (nSPS) is 10.3. The van der Waals surface area contributed by atoms with Gasteiger partial charge in [-0.25, -0.2) is 0 Å². The van der Waals surface area contributed by atoms with E-state index < -0.39 is 0 Å². The molecule has 3 rings (SSSR count). The number of rotatable bonds is 4. The van der Waals surface area contributed by atoms with Gasteiger partial charge in [-0.2, -0.15) is 5.10 Å². The Morgan fingerprint density at radius 2 is 1.74 bits per heavy atom. The Hall–Kier alpha value is -2.66. The zero-order valence-corrected chi connectivity index (χ0v) is 13.7. The molecule has 0 aliphatic heterocycles. The van der Waals surface area contributed by atoms with Gasteiger partial charge in [-0.3, -0.25) is 4.68 Å². The van der Waals surface area contributed by atoms with Crippen LogP contribution in [0.4, 0.5) is 11.5 Å². The van der Waals surface area contributed by atoms with E-state index in [2.05, 4.69) is 34.8 Å². The summed E-state index contributed by atoms with van der Waals surface area (Å²) in [7, 11) is 0. The van der Waals surface area contributed by atoms with Gasteiger partial charge in [0, 0.05) is 18.0 Å². The number of hydrogen-bond donors (Lipinski definition) is 2. The minimum atomic E-state index is 0.527. The van der Waals surface area contributed by atoms with Gasteiger partial charge in [-0.1, -0.05) is 48.0 Å². The lowest BCUT2D eigenvalue weighted by atomic mass is 10.2. The fraction of sp³-hybridized carbons (Fsp3) is 0.111. The van der Waals surface area contributed by atoms with E-state index in [9.17, 15) is 0 Å². The highest BCUT2D eigenvalue weighted by molar-refractivity contribution is 7.80. The molecule has 3 aromatic rings. The molecule has 4 nitrogen and oxygen atoms in total. The zero-order valence-electron chi connectivity index (χ0n) is 12.9. The number of anilines is 2. The molecule has 0 saturated carbocycles. The van der Waals surface area contributed by atoms with Crippen LogP contribution in [0, 0.1) is 6.92 Å².